The van der Waals surface area contributed by atoms with Gasteiger partial charge in [-0.3, -0.25) is 4.79 Å². The van der Waals surface area contributed by atoms with E-state index in [4.69, 9.17) is 0 Å². The minimum Gasteiger partial charge on any atom is -0.481 e. The molecule has 1 aromatic rings. The van der Waals surface area contributed by atoms with Gasteiger partial charge in [0.1, 0.15) is 5.92 Å². The first-order valence-corrected chi connectivity index (χ1v) is 6.56. The predicted octanol–water partition coefficient (Wildman–Crippen LogP) is 2.80. The number of carboxylic acids is 1. The summed E-state index contributed by atoms with van der Waals surface area (Å²) >= 11 is 0. The lowest BCUT2D eigenvalue weighted by Gasteiger charge is -2.42. The number of benzene rings is 1. The Balaban J connectivity index is 2.39. The van der Waals surface area contributed by atoms with Crippen LogP contribution in [0.25, 0.3) is 0 Å². The summed E-state index contributed by atoms with van der Waals surface area (Å²) in [5.74, 6) is -1.74. The molecule has 1 aliphatic rings. The second-order valence-corrected chi connectivity index (χ2v) is 5.32. The van der Waals surface area contributed by atoms with E-state index < -0.39 is 17.5 Å². The highest BCUT2D eigenvalue weighted by Crippen LogP contribution is 2.43. The van der Waals surface area contributed by atoms with E-state index in [0.717, 1.165) is 19.3 Å². The molecular formula is C15H20O3. The van der Waals surface area contributed by atoms with Crippen molar-refractivity contribution in [2.45, 2.75) is 44.1 Å². The van der Waals surface area contributed by atoms with Crippen LogP contribution >= 0.6 is 0 Å². The van der Waals surface area contributed by atoms with E-state index in [1.807, 2.05) is 25.1 Å². The molecule has 3 nitrogen and oxygen atoms in total. The zero-order valence-corrected chi connectivity index (χ0v) is 10.7. The highest BCUT2D eigenvalue weighted by atomic mass is 16.4. The summed E-state index contributed by atoms with van der Waals surface area (Å²) in [6.07, 6.45) is 3.44. The van der Waals surface area contributed by atoms with Crippen molar-refractivity contribution in [2.24, 2.45) is 5.92 Å². The number of rotatable bonds is 3. The van der Waals surface area contributed by atoms with Crippen molar-refractivity contribution in [3.63, 3.8) is 0 Å². The third kappa shape index (κ3) is 2.27. The van der Waals surface area contributed by atoms with E-state index in [2.05, 4.69) is 0 Å². The van der Waals surface area contributed by atoms with Gasteiger partial charge in [-0.25, -0.2) is 0 Å². The highest BCUT2D eigenvalue weighted by Gasteiger charge is 2.47. The largest absolute Gasteiger partial charge is 0.481 e. The van der Waals surface area contributed by atoms with Crippen LogP contribution in [0.4, 0.5) is 0 Å². The molecule has 3 atom stereocenters. The molecule has 98 valence electrons. The van der Waals surface area contributed by atoms with E-state index in [1.54, 1.807) is 12.1 Å². The van der Waals surface area contributed by atoms with Crippen molar-refractivity contribution in [1.29, 1.82) is 0 Å². The summed E-state index contributed by atoms with van der Waals surface area (Å²) in [7, 11) is 0. The summed E-state index contributed by atoms with van der Waals surface area (Å²) in [4.78, 5) is 11.6. The molecule has 0 unspecified atom stereocenters. The van der Waals surface area contributed by atoms with Crippen LogP contribution in [0.2, 0.25) is 0 Å². The van der Waals surface area contributed by atoms with Crippen molar-refractivity contribution < 1.29 is 15.0 Å². The Bertz CT molecular complexity index is 415. The summed E-state index contributed by atoms with van der Waals surface area (Å²) < 4.78 is 0. The van der Waals surface area contributed by atoms with Crippen molar-refractivity contribution in [1.82, 2.24) is 0 Å². The summed E-state index contributed by atoms with van der Waals surface area (Å²) in [6.45, 7) is 1.96. The maximum atomic E-state index is 11.6. The fourth-order valence-corrected chi connectivity index (χ4v) is 3.07. The van der Waals surface area contributed by atoms with Gasteiger partial charge >= 0.3 is 5.97 Å². The van der Waals surface area contributed by atoms with Gasteiger partial charge in [0.15, 0.2) is 0 Å². The molecular weight excluding hydrogens is 228 g/mol. The molecule has 1 aliphatic carbocycles. The van der Waals surface area contributed by atoms with E-state index in [1.165, 1.54) is 0 Å². The Hall–Kier alpha value is -1.35. The van der Waals surface area contributed by atoms with Crippen LogP contribution in [-0.2, 0) is 4.79 Å². The number of carbonyl (C=O) groups is 1. The molecule has 1 saturated carbocycles. The average molecular weight is 248 g/mol. The zero-order valence-electron chi connectivity index (χ0n) is 10.7. The smallest absolute Gasteiger partial charge is 0.313 e. The lowest BCUT2D eigenvalue weighted by atomic mass is 9.67. The van der Waals surface area contributed by atoms with Gasteiger partial charge < -0.3 is 10.2 Å². The third-order valence-corrected chi connectivity index (χ3v) is 4.20. The fraction of sp³-hybridized carbons (Fsp3) is 0.533. The quantitative estimate of drug-likeness (QED) is 0.864. The average Bonchev–Trinajstić information content (AvgIpc) is 2.34. The number of aliphatic hydroxyl groups is 1. The molecule has 1 fully saturated rings. The molecule has 0 radical (unpaired) electrons. The Morgan fingerprint density at radius 3 is 2.56 bits per heavy atom. The molecule has 18 heavy (non-hydrogen) atoms. The Labute approximate surface area is 107 Å². The van der Waals surface area contributed by atoms with Gasteiger partial charge in [-0.05, 0) is 24.3 Å². The number of carboxylic acid groups (broad SMARTS) is 1. The maximum absolute atomic E-state index is 11.6. The van der Waals surface area contributed by atoms with Crippen LogP contribution in [0.1, 0.15) is 44.1 Å². The fourth-order valence-electron chi connectivity index (χ4n) is 3.07. The first-order valence-electron chi connectivity index (χ1n) is 6.56. The highest BCUT2D eigenvalue weighted by molar-refractivity contribution is 5.78. The SMILES string of the molecule is C[C@@H]1CCCC[C@]1(O)[C@H](C(=O)O)c1ccccc1. The second kappa shape index (κ2) is 5.11. The van der Waals surface area contributed by atoms with Crippen molar-refractivity contribution >= 4 is 5.97 Å². The molecule has 0 heterocycles. The molecule has 0 spiro atoms. The summed E-state index contributed by atoms with van der Waals surface area (Å²) in [5, 5.41) is 20.3. The third-order valence-electron chi connectivity index (χ3n) is 4.20. The number of hydrogen-bond donors (Lipinski definition) is 2. The van der Waals surface area contributed by atoms with Crippen LogP contribution in [0.15, 0.2) is 30.3 Å². The normalized spacial score (nSPS) is 29.8. The Morgan fingerprint density at radius 1 is 1.33 bits per heavy atom. The molecule has 0 amide bonds. The van der Waals surface area contributed by atoms with Gasteiger partial charge in [0.2, 0.25) is 0 Å². The topological polar surface area (TPSA) is 57.5 Å². The lowest BCUT2D eigenvalue weighted by molar-refractivity contribution is -0.151. The second-order valence-electron chi connectivity index (χ2n) is 5.32. The molecule has 2 rings (SSSR count). The minimum absolute atomic E-state index is 0.0209. The number of hydrogen-bond acceptors (Lipinski definition) is 2. The first kappa shape index (κ1) is 13.1. The summed E-state index contributed by atoms with van der Waals surface area (Å²) in [5.41, 5.74) is -0.424. The Morgan fingerprint density at radius 2 is 2.00 bits per heavy atom. The van der Waals surface area contributed by atoms with Gasteiger partial charge in [-0.1, -0.05) is 50.1 Å². The monoisotopic (exact) mass is 248 g/mol. The molecule has 1 aromatic carbocycles. The van der Waals surface area contributed by atoms with Crippen LogP contribution in [0.3, 0.4) is 0 Å². The summed E-state index contributed by atoms with van der Waals surface area (Å²) in [6, 6.07) is 9.08. The van der Waals surface area contributed by atoms with Gasteiger partial charge in [-0.15, -0.1) is 0 Å². The molecule has 0 aromatic heterocycles. The van der Waals surface area contributed by atoms with Gasteiger partial charge in [0.25, 0.3) is 0 Å². The lowest BCUT2D eigenvalue weighted by Crippen LogP contribution is -2.47. The van der Waals surface area contributed by atoms with Crippen LogP contribution in [0.5, 0.6) is 0 Å². The van der Waals surface area contributed by atoms with Crippen molar-refractivity contribution in [2.75, 3.05) is 0 Å². The van der Waals surface area contributed by atoms with Crippen molar-refractivity contribution in [3.05, 3.63) is 35.9 Å². The Kier molecular flexibility index (Phi) is 3.71. The van der Waals surface area contributed by atoms with Gasteiger partial charge in [-0.2, -0.15) is 0 Å². The van der Waals surface area contributed by atoms with Crippen LogP contribution in [0, 0.1) is 5.92 Å². The molecule has 0 bridgehead atoms. The van der Waals surface area contributed by atoms with Crippen LogP contribution < -0.4 is 0 Å². The molecule has 2 N–H and O–H groups in total. The van der Waals surface area contributed by atoms with Crippen molar-refractivity contribution in [3.8, 4) is 0 Å². The predicted molar refractivity (Wildman–Crippen MR) is 69.4 cm³/mol. The molecule has 0 saturated heterocycles. The molecule has 0 aliphatic heterocycles. The van der Waals surface area contributed by atoms with E-state index in [-0.39, 0.29) is 5.92 Å². The van der Waals surface area contributed by atoms with Crippen LogP contribution in [-0.4, -0.2) is 21.8 Å². The van der Waals surface area contributed by atoms with Gasteiger partial charge in [0, 0.05) is 0 Å². The van der Waals surface area contributed by atoms with Gasteiger partial charge in [0.05, 0.1) is 5.60 Å². The minimum atomic E-state index is -1.12. The van der Waals surface area contributed by atoms with E-state index >= 15 is 0 Å². The first-order chi connectivity index (χ1) is 8.55. The van der Waals surface area contributed by atoms with E-state index in [9.17, 15) is 15.0 Å². The molecule has 3 heteroatoms. The number of aliphatic carboxylic acids is 1. The maximum Gasteiger partial charge on any atom is 0.313 e. The standard InChI is InChI=1S/C15H20O3/c1-11-7-5-6-10-15(11,18)13(14(16)17)12-8-3-2-4-9-12/h2-4,8-9,11,13,18H,5-7,10H2,1H3,(H,16,17)/t11-,13+,15-/m1/s1. The zero-order chi connectivity index (χ0) is 13.2. The van der Waals surface area contributed by atoms with E-state index in [0.29, 0.717) is 12.0 Å².